The molecule has 0 saturated carbocycles. The Labute approximate surface area is 121 Å². The monoisotopic (exact) mass is 294 g/mol. The van der Waals surface area contributed by atoms with E-state index in [1.165, 1.54) is 0 Å². The zero-order valence-corrected chi connectivity index (χ0v) is 13.1. The van der Waals surface area contributed by atoms with Gasteiger partial charge in [-0.2, -0.15) is 4.31 Å². The van der Waals surface area contributed by atoms with Crippen LogP contribution in [0.15, 0.2) is 29.2 Å². The lowest BCUT2D eigenvalue weighted by Gasteiger charge is -2.27. The van der Waals surface area contributed by atoms with Crippen molar-refractivity contribution in [3.8, 4) is 0 Å². The van der Waals surface area contributed by atoms with Crippen LogP contribution in [0.5, 0.6) is 0 Å². The third-order valence-electron chi connectivity index (χ3n) is 4.33. The molecule has 3 rings (SSSR count). The lowest BCUT2D eigenvalue weighted by Crippen LogP contribution is -2.46. The smallest absolute Gasteiger partial charge is 0.243 e. The minimum atomic E-state index is -3.34. The molecule has 2 aliphatic heterocycles. The van der Waals surface area contributed by atoms with Crippen LogP contribution in [-0.2, 0) is 15.4 Å². The summed E-state index contributed by atoms with van der Waals surface area (Å²) in [5, 5.41) is 3.33. The summed E-state index contributed by atoms with van der Waals surface area (Å²) in [7, 11) is -3.34. The molecule has 0 amide bonds. The summed E-state index contributed by atoms with van der Waals surface area (Å²) < 4.78 is 27.0. The van der Waals surface area contributed by atoms with Gasteiger partial charge in [-0.1, -0.05) is 32.9 Å². The van der Waals surface area contributed by atoms with Gasteiger partial charge in [0.25, 0.3) is 0 Å². The van der Waals surface area contributed by atoms with Crippen molar-refractivity contribution in [2.45, 2.75) is 49.6 Å². The molecule has 2 saturated heterocycles. The van der Waals surface area contributed by atoms with Gasteiger partial charge in [0.1, 0.15) is 0 Å². The number of hydrogen-bond acceptors (Lipinski definition) is 3. The lowest BCUT2D eigenvalue weighted by atomic mass is 9.87. The average Bonchev–Trinajstić information content (AvgIpc) is 3.00. The highest BCUT2D eigenvalue weighted by molar-refractivity contribution is 7.89. The Hall–Kier alpha value is -0.910. The summed E-state index contributed by atoms with van der Waals surface area (Å²) in [5.41, 5.74) is 1.19. The van der Waals surface area contributed by atoms with Gasteiger partial charge in [-0.15, -0.1) is 0 Å². The van der Waals surface area contributed by atoms with Crippen LogP contribution < -0.4 is 5.32 Å². The maximum Gasteiger partial charge on any atom is 0.243 e. The highest BCUT2D eigenvalue weighted by Crippen LogP contribution is 2.30. The molecule has 2 atom stereocenters. The Morgan fingerprint density at radius 3 is 2.30 bits per heavy atom. The van der Waals surface area contributed by atoms with Crippen LogP contribution in [-0.4, -0.2) is 37.9 Å². The summed E-state index contributed by atoms with van der Waals surface area (Å²) >= 11 is 0. The normalized spacial score (nSPS) is 27.1. The Bertz CT molecular complexity index is 602. The van der Waals surface area contributed by atoms with E-state index in [4.69, 9.17) is 0 Å². The van der Waals surface area contributed by atoms with Crippen LogP contribution in [0.3, 0.4) is 0 Å². The predicted octanol–water partition coefficient (Wildman–Crippen LogP) is 1.72. The number of nitrogens with zero attached hydrogens (tertiary/aromatic N) is 1. The zero-order chi connectivity index (χ0) is 14.5. The van der Waals surface area contributed by atoms with Crippen molar-refractivity contribution in [2.75, 3.05) is 13.1 Å². The minimum absolute atomic E-state index is 0.0406. The van der Waals surface area contributed by atoms with Crippen LogP contribution in [0.2, 0.25) is 0 Å². The zero-order valence-electron chi connectivity index (χ0n) is 12.3. The first-order valence-electron chi connectivity index (χ1n) is 7.14. The second kappa shape index (κ2) is 4.55. The van der Waals surface area contributed by atoms with Crippen LogP contribution in [0.25, 0.3) is 0 Å². The van der Waals surface area contributed by atoms with Crippen molar-refractivity contribution >= 4 is 10.0 Å². The van der Waals surface area contributed by atoms with Crippen molar-refractivity contribution in [2.24, 2.45) is 0 Å². The first kappa shape index (κ1) is 14.0. The lowest BCUT2D eigenvalue weighted by molar-refractivity contribution is 0.349. The molecule has 2 bridgehead atoms. The molecule has 2 heterocycles. The molecule has 1 aromatic carbocycles. The topological polar surface area (TPSA) is 49.4 Å². The number of sulfonamides is 1. The van der Waals surface area contributed by atoms with Crippen molar-refractivity contribution in [1.29, 1.82) is 0 Å². The highest BCUT2D eigenvalue weighted by Gasteiger charge is 2.44. The maximum atomic E-state index is 12.7. The van der Waals surface area contributed by atoms with Gasteiger partial charge in [0.05, 0.1) is 4.90 Å². The first-order valence-corrected chi connectivity index (χ1v) is 8.58. The molecule has 0 aromatic heterocycles. The predicted molar refractivity (Wildman–Crippen MR) is 79.2 cm³/mol. The standard InChI is InChI=1S/C15H22N2O2S/c1-15(2,3)11-4-6-14(7-5-11)20(18,19)17-10-12-8-13(17)9-16-12/h4-7,12-13,16H,8-10H2,1-3H3. The Morgan fingerprint density at radius 2 is 1.85 bits per heavy atom. The van der Waals surface area contributed by atoms with E-state index in [2.05, 4.69) is 26.1 Å². The van der Waals surface area contributed by atoms with E-state index in [9.17, 15) is 8.42 Å². The van der Waals surface area contributed by atoms with Crippen LogP contribution in [0.1, 0.15) is 32.8 Å². The molecule has 2 unspecified atom stereocenters. The number of hydrogen-bond donors (Lipinski definition) is 1. The summed E-state index contributed by atoms with van der Waals surface area (Å²) in [4.78, 5) is 0.415. The van der Waals surface area contributed by atoms with Gasteiger partial charge >= 0.3 is 0 Å². The number of rotatable bonds is 2. The van der Waals surface area contributed by atoms with E-state index in [1.54, 1.807) is 16.4 Å². The molecule has 2 fully saturated rings. The van der Waals surface area contributed by atoms with Crippen LogP contribution in [0.4, 0.5) is 0 Å². The second-order valence-electron chi connectivity index (χ2n) is 6.84. The van der Waals surface area contributed by atoms with Crippen molar-refractivity contribution in [3.05, 3.63) is 29.8 Å². The van der Waals surface area contributed by atoms with E-state index in [1.807, 2.05) is 12.1 Å². The fourth-order valence-corrected chi connectivity index (χ4v) is 4.76. The molecule has 20 heavy (non-hydrogen) atoms. The number of piperazine rings is 1. The Balaban J connectivity index is 1.88. The van der Waals surface area contributed by atoms with Gasteiger partial charge in [-0.3, -0.25) is 0 Å². The molecule has 1 N–H and O–H groups in total. The molecule has 5 heteroatoms. The molecular formula is C15H22N2O2S. The highest BCUT2D eigenvalue weighted by atomic mass is 32.2. The molecule has 2 aliphatic rings. The van der Waals surface area contributed by atoms with E-state index in [0.29, 0.717) is 17.5 Å². The molecular weight excluding hydrogens is 272 g/mol. The summed E-state index contributed by atoms with van der Waals surface area (Å²) in [6.45, 7) is 7.77. The van der Waals surface area contributed by atoms with E-state index in [-0.39, 0.29) is 11.5 Å². The van der Waals surface area contributed by atoms with Gasteiger partial charge in [0, 0.05) is 25.2 Å². The summed E-state index contributed by atoms with van der Waals surface area (Å²) in [6, 6.07) is 7.82. The van der Waals surface area contributed by atoms with Crippen molar-refractivity contribution < 1.29 is 8.42 Å². The number of benzene rings is 1. The third-order valence-corrected chi connectivity index (χ3v) is 6.27. The molecule has 110 valence electrons. The molecule has 0 radical (unpaired) electrons. The number of nitrogens with one attached hydrogen (secondary N) is 1. The minimum Gasteiger partial charge on any atom is -0.311 e. The molecule has 4 nitrogen and oxygen atoms in total. The molecule has 0 spiro atoms. The largest absolute Gasteiger partial charge is 0.311 e. The SMILES string of the molecule is CC(C)(C)c1ccc(S(=O)(=O)N2CC3CC2CN3)cc1. The van der Waals surface area contributed by atoms with Gasteiger partial charge in [-0.25, -0.2) is 8.42 Å². The Morgan fingerprint density at radius 1 is 1.20 bits per heavy atom. The Kier molecular flexibility index (Phi) is 3.19. The van der Waals surface area contributed by atoms with E-state index < -0.39 is 10.0 Å². The third kappa shape index (κ3) is 2.28. The molecule has 0 aliphatic carbocycles. The maximum absolute atomic E-state index is 12.7. The van der Waals surface area contributed by atoms with Gasteiger partial charge < -0.3 is 5.32 Å². The van der Waals surface area contributed by atoms with Crippen molar-refractivity contribution in [1.82, 2.24) is 9.62 Å². The number of fused-ring (bicyclic) bond motifs is 2. The van der Waals surface area contributed by atoms with E-state index >= 15 is 0 Å². The summed E-state index contributed by atoms with van der Waals surface area (Å²) in [6.07, 6.45) is 0.944. The fraction of sp³-hybridized carbons (Fsp3) is 0.600. The fourth-order valence-electron chi connectivity index (χ4n) is 3.08. The first-order chi connectivity index (χ1) is 9.28. The summed E-state index contributed by atoms with van der Waals surface area (Å²) in [5.74, 6) is 0. The molecule has 1 aromatic rings. The van der Waals surface area contributed by atoms with Gasteiger partial charge in [0.2, 0.25) is 10.0 Å². The van der Waals surface area contributed by atoms with E-state index in [0.717, 1.165) is 18.5 Å². The van der Waals surface area contributed by atoms with Gasteiger partial charge in [0.15, 0.2) is 0 Å². The van der Waals surface area contributed by atoms with Crippen LogP contribution >= 0.6 is 0 Å². The van der Waals surface area contributed by atoms with Crippen molar-refractivity contribution in [3.63, 3.8) is 0 Å². The average molecular weight is 294 g/mol. The van der Waals surface area contributed by atoms with Crippen LogP contribution in [0, 0.1) is 0 Å². The quantitative estimate of drug-likeness (QED) is 0.903. The second-order valence-corrected chi connectivity index (χ2v) is 8.73. The van der Waals surface area contributed by atoms with Gasteiger partial charge in [-0.05, 0) is 29.5 Å².